The number of nitrogens with zero attached hydrogens (tertiary/aromatic N) is 5. The number of ketones is 1. The fraction of sp³-hybridized carbons (Fsp3) is 0.400. The van der Waals surface area contributed by atoms with Gasteiger partial charge < -0.3 is 4.57 Å². The molecule has 3 aromatic rings. The van der Waals surface area contributed by atoms with Gasteiger partial charge in [-0.1, -0.05) is 6.42 Å². The lowest BCUT2D eigenvalue weighted by atomic mass is 10.1. The summed E-state index contributed by atoms with van der Waals surface area (Å²) in [4.78, 5) is 27.8. The second kappa shape index (κ2) is 7.33. The Bertz CT molecular complexity index is 927. The molecule has 0 aliphatic carbocycles. The van der Waals surface area contributed by atoms with Crippen molar-refractivity contribution in [1.82, 2.24) is 24.4 Å². The first kappa shape index (κ1) is 16.8. The maximum absolute atomic E-state index is 12.4. The van der Waals surface area contributed by atoms with Gasteiger partial charge in [0.1, 0.15) is 0 Å². The fourth-order valence-corrected chi connectivity index (χ4v) is 3.55. The van der Waals surface area contributed by atoms with Crippen LogP contribution in [-0.2, 0) is 18.3 Å². The van der Waals surface area contributed by atoms with Gasteiger partial charge >= 0.3 is 0 Å². The molecule has 4 rings (SSSR count). The summed E-state index contributed by atoms with van der Waals surface area (Å²) in [5.74, 6) is 0.236. The van der Waals surface area contributed by atoms with Crippen molar-refractivity contribution in [3.8, 4) is 11.4 Å². The first-order valence-corrected chi connectivity index (χ1v) is 9.14. The van der Waals surface area contributed by atoms with Crippen molar-refractivity contribution < 1.29 is 4.79 Å². The number of carbonyl (C=O) groups excluding carboxylic acids is 1. The lowest BCUT2D eigenvalue weighted by molar-refractivity contribution is -0.119. The molecule has 0 atom stereocenters. The van der Waals surface area contributed by atoms with E-state index in [0.29, 0.717) is 13.0 Å². The van der Waals surface area contributed by atoms with E-state index < -0.39 is 0 Å². The molecule has 4 heterocycles. The molecule has 0 unspecified atom stereocenters. The highest BCUT2D eigenvalue weighted by Crippen LogP contribution is 2.21. The molecule has 134 valence electrons. The first-order valence-electron chi connectivity index (χ1n) is 9.14. The Hall–Kier alpha value is -2.60. The normalized spacial score (nSPS) is 15.4. The molecule has 6 heteroatoms. The summed E-state index contributed by atoms with van der Waals surface area (Å²) in [5, 5.41) is 2.02. The van der Waals surface area contributed by atoms with Crippen LogP contribution in [0.2, 0.25) is 0 Å². The monoisotopic (exact) mass is 349 g/mol. The highest BCUT2D eigenvalue weighted by atomic mass is 16.1. The zero-order chi connectivity index (χ0) is 17.9. The van der Waals surface area contributed by atoms with E-state index in [1.54, 1.807) is 18.7 Å². The van der Waals surface area contributed by atoms with Crippen LogP contribution < -0.4 is 0 Å². The van der Waals surface area contributed by atoms with E-state index in [4.69, 9.17) is 0 Å². The van der Waals surface area contributed by atoms with E-state index in [1.807, 2.05) is 29.9 Å². The molecule has 6 nitrogen and oxygen atoms in total. The topological polar surface area (TPSA) is 63.9 Å². The number of imidazole rings is 1. The summed E-state index contributed by atoms with van der Waals surface area (Å²) in [6.07, 6.45) is 11.3. The average molecular weight is 349 g/mol. The van der Waals surface area contributed by atoms with Crippen molar-refractivity contribution in [3.05, 3.63) is 42.7 Å². The summed E-state index contributed by atoms with van der Waals surface area (Å²) >= 11 is 0. The van der Waals surface area contributed by atoms with E-state index in [2.05, 4.69) is 19.9 Å². The maximum atomic E-state index is 12.4. The quantitative estimate of drug-likeness (QED) is 0.708. The molecule has 1 aliphatic heterocycles. The molecule has 26 heavy (non-hydrogen) atoms. The van der Waals surface area contributed by atoms with Crippen LogP contribution in [0.1, 0.15) is 25.0 Å². The van der Waals surface area contributed by atoms with Crippen LogP contribution in [0.25, 0.3) is 22.2 Å². The Kier molecular flexibility index (Phi) is 4.75. The van der Waals surface area contributed by atoms with Crippen molar-refractivity contribution in [1.29, 1.82) is 0 Å². The average Bonchev–Trinajstić information content (AvgIpc) is 3.08. The number of aryl methyl sites for hydroxylation is 1. The van der Waals surface area contributed by atoms with Crippen molar-refractivity contribution in [2.75, 3.05) is 19.6 Å². The molecule has 0 bridgehead atoms. The molecule has 0 saturated carbocycles. The SMILES string of the molecule is Cn1cncc1-c1cc2cc(CC(=O)CN3CCCCC3)ncc2cn1. The molecule has 3 aromatic heterocycles. The number of Topliss-reactive ketones (excluding diaryl/α,β-unsaturated/α-hetero) is 1. The van der Waals surface area contributed by atoms with Crippen molar-refractivity contribution in [3.63, 3.8) is 0 Å². The third-order valence-corrected chi connectivity index (χ3v) is 4.97. The predicted octanol–water partition coefficient (Wildman–Crippen LogP) is 2.63. The van der Waals surface area contributed by atoms with Crippen LogP contribution in [0, 0.1) is 0 Å². The van der Waals surface area contributed by atoms with E-state index in [9.17, 15) is 4.79 Å². The molecule has 0 spiro atoms. The predicted molar refractivity (Wildman–Crippen MR) is 101 cm³/mol. The Balaban J connectivity index is 1.52. The van der Waals surface area contributed by atoms with Crippen LogP contribution in [0.4, 0.5) is 0 Å². The summed E-state index contributed by atoms with van der Waals surface area (Å²) in [6, 6.07) is 4.04. The van der Waals surface area contributed by atoms with Gasteiger partial charge in [-0.15, -0.1) is 0 Å². The minimum absolute atomic E-state index is 0.236. The van der Waals surface area contributed by atoms with Crippen LogP contribution >= 0.6 is 0 Å². The lowest BCUT2D eigenvalue weighted by Gasteiger charge is -2.25. The van der Waals surface area contributed by atoms with Gasteiger partial charge in [-0.05, 0) is 43.5 Å². The lowest BCUT2D eigenvalue weighted by Crippen LogP contribution is -2.35. The van der Waals surface area contributed by atoms with Gasteiger partial charge in [-0.2, -0.15) is 0 Å². The third-order valence-electron chi connectivity index (χ3n) is 4.97. The number of fused-ring (bicyclic) bond motifs is 1. The largest absolute Gasteiger partial charge is 0.332 e. The minimum Gasteiger partial charge on any atom is -0.332 e. The number of hydrogen-bond donors (Lipinski definition) is 0. The third kappa shape index (κ3) is 3.65. The zero-order valence-corrected chi connectivity index (χ0v) is 15.1. The van der Waals surface area contributed by atoms with Crippen LogP contribution in [0.3, 0.4) is 0 Å². The van der Waals surface area contributed by atoms with Gasteiger partial charge in [-0.3, -0.25) is 19.7 Å². The minimum atomic E-state index is 0.236. The molecule has 1 saturated heterocycles. The first-order chi connectivity index (χ1) is 12.7. The number of hydrogen-bond acceptors (Lipinski definition) is 5. The fourth-order valence-electron chi connectivity index (χ4n) is 3.55. The number of rotatable bonds is 5. The Morgan fingerprint density at radius 2 is 1.85 bits per heavy atom. The molecule has 1 fully saturated rings. The van der Waals surface area contributed by atoms with Gasteiger partial charge in [0.15, 0.2) is 5.78 Å². The van der Waals surface area contributed by atoms with Gasteiger partial charge in [0.25, 0.3) is 0 Å². The number of aromatic nitrogens is 4. The summed E-state index contributed by atoms with van der Waals surface area (Å²) in [5.41, 5.74) is 2.65. The molecule has 0 amide bonds. The van der Waals surface area contributed by atoms with Crippen LogP contribution in [0.5, 0.6) is 0 Å². The molecule has 0 aromatic carbocycles. The smallest absolute Gasteiger partial charge is 0.152 e. The van der Waals surface area contributed by atoms with Gasteiger partial charge in [0, 0.05) is 30.5 Å². The summed E-state index contributed by atoms with van der Waals surface area (Å²) in [6.45, 7) is 2.61. The van der Waals surface area contributed by atoms with Crippen LogP contribution in [-0.4, -0.2) is 49.8 Å². The highest BCUT2D eigenvalue weighted by Gasteiger charge is 2.15. The standard InChI is InChI=1S/C20H23N5O/c1-24-14-21-12-20(24)19-8-15-7-17(22-10-16(15)11-23-19)9-18(26)13-25-5-3-2-4-6-25/h7-8,10-12,14H,2-6,9,13H2,1H3. The number of likely N-dealkylation sites (tertiary alicyclic amines) is 1. The highest BCUT2D eigenvalue weighted by molar-refractivity contribution is 5.87. The van der Waals surface area contributed by atoms with Crippen molar-refractivity contribution in [2.24, 2.45) is 7.05 Å². The molecule has 0 N–H and O–H groups in total. The Morgan fingerprint density at radius 3 is 2.62 bits per heavy atom. The Morgan fingerprint density at radius 1 is 1.04 bits per heavy atom. The van der Waals surface area contributed by atoms with Gasteiger partial charge in [0.2, 0.25) is 0 Å². The van der Waals surface area contributed by atoms with E-state index in [-0.39, 0.29) is 5.78 Å². The van der Waals surface area contributed by atoms with Gasteiger partial charge in [0.05, 0.1) is 36.9 Å². The summed E-state index contributed by atoms with van der Waals surface area (Å²) in [7, 11) is 1.95. The van der Waals surface area contributed by atoms with Gasteiger partial charge in [-0.25, -0.2) is 4.98 Å². The number of piperidine rings is 1. The molecule has 0 radical (unpaired) electrons. The maximum Gasteiger partial charge on any atom is 0.152 e. The molecular weight excluding hydrogens is 326 g/mol. The van der Waals surface area contributed by atoms with Crippen molar-refractivity contribution >= 4 is 16.6 Å². The van der Waals surface area contributed by atoms with E-state index in [1.165, 1.54) is 19.3 Å². The Labute approximate surface area is 152 Å². The van der Waals surface area contributed by atoms with Crippen molar-refractivity contribution in [2.45, 2.75) is 25.7 Å². The second-order valence-corrected chi connectivity index (χ2v) is 7.03. The molecule has 1 aliphatic rings. The number of pyridine rings is 2. The zero-order valence-electron chi connectivity index (χ0n) is 15.1. The molecular formula is C20H23N5O. The number of carbonyl (C=O) groups is 1. The summed E-state index contributed by atoms with van der Waals surface area (Å²) < 4.78 is 1.94. The van der Waals surface area contributed by atoms with Crippen LogP contribution in [0.15, 0.2) is 37.1 Å². The van der Waals surface area contributed by atoms with E-state index >= 15 is 0 Å². The second-order valence-electron chi connectivity index (χ2n) is 7.03. The van der Waals surface area contributed by atoms with E-state index in [0.717, 1.165) is 40.9 Å².